The van der Waals surface area contributed by atoms with Crippen LogP contribution in [0.5, 0.6) is 0 Å². The number of carbonyl (C=O) groups excluding carboxylic acids is 1. The lowest BCUT2D eigenvalue weighted by Crippen LogP contribution is -2.44. The van der Waals surface area contributed by atoms with Crippen molar-refractivity contribution in [2.45, 2.75) is 18.6 Å². The number of carbonyl (C=O) groups is 2. The lowest BCUT2D eigenvalue weighted by molar-refractivity contribution is -0.143. The van der Waals surface area contributed by atoms with Crippen molar-refractivity contribution >= 4 is 11.9 Å². The van der Waals surface area contributed by atoms with Gasteiger partial charge < -0.3 is 15.2 Å². The van der Waals surface area contributed by atoms with E-state index < -0.39 is 29.7 Å². The highest BCUT2D eigenvalue weighted by molar-refractivity contribution is 5.84. The van der Waals surface area contributed by atoms with Gasteiger partial charge in [-0.1, -0.05) is 24.3 Å². The number of carboxylic acids is 1. The summed E-state index contributed by atoms with van der Waals surface area (Å²) >= 11 is 0. The largest absolute Gasteiger partial charge is 0.480 e. The van der Waals surface area contributed by atoms with Crippen molar-refractivity contribution in [1.29, 1.82) is 0 Å². The van der Waals surface area contributed by atoms with Gasteiger partial charge in [0.15, 0.2) is 6.04 Å². The van der Waals surface area contributed by atoms with E-state index >= 15 is 0 Å². The predicted octanol–water partition coefficient (Wildman–Crippen LogP) is 2.02. The summed E-state index contributed by atoms with van der Waals surface area (Å²) in [6, 6.07) is 3.01. The van der Waals surface area contributed by atoms with Crippen molar-refractivity contribution < 1.29 is 32.6 Å². The van der Waals surface area contributed by atoms with Crippen LogP contribution < -0.4 is 5.32 Å². The fraction of sp³-hybridized carbons (Fsp3) is 0.333. The van der Waals surface area contributed by atoms with Gasteiger partial charge in [0, 0.05) is 0 Å². The Kier molecular flexibility index (Phi) is 6.77. The van der Waals surface area contributed by atoms with E-state index in [1.165, 1.54) is 18.2 Å². The summed E-state index contributed by atoms with van der Waals surface area (Å²) in [4.78, 5) is 22.8. The number of halogens is 3. The molecule has 1 rings (SSSR count). The first kappa shape index (κ1) is 18.7. The Morgan fingerprint density at radius 3 is 2.65 bits per heavy atom. The zero-order valence-electron chi connectivity index (χ0n) is 12.1. The molecule has 0 aliphatic heterocycles. The topological polar surface area (TPSA) is 75.6 Å². The normalized spacial score (nSPS) is 12.5. The second kappa shape index (κ2) is 8.33. The second-order valence-electron chi connectivity index (χ2n) is 4.66. The van der Waals surface area contributed by atoms with Gasteiger partial charge in [-0.15, -0.1) is 6.58 Å². The number of amides is 1. The lowest BCUT2D eigenvalue weighted by Gasteiger charge is -2.14. The van der Waals surface area contributed by atoms with Crippen LogP contribution in [0.4, 0.5) is 13.2 Å². The molecule has 1 unspecified atom stereocenters. The third kappa shape index (κ3) is 6.52. The van der Waals surface area contributed by atoms with Gasteiger partial charge >= 0.3 is 12.1 Å². The van der Waals surface area contributed by atoms with Gasteiger partial charge in [-0.25, -0.2) is 4.79 Å². The molecule has 8 heteroatoms. The fourth-order valence-electron chi connectivity index (χ4n) is 1.73. The molecule has 0 saturated heterocycles. The molecule has 0 fully saturated rings. The number of alkyl halides is 3. The molecule has 23 heavy (non-hydrogen) atoms. The van der Waals surface area contributed by atoms with E-state index in [2.05, 4.69) is 11.9 Å². The first-order chi connectivity index (χ1) is 10.7. The van der Waals surface area contributed by atoms with Crippen LogP contribution in [0.2, 0.25) is 0 Å². The highest BCUT2D eigenvalue weighted by Crippen LogP contribution is 2.29. The van der Waals surface area contributed by atoms with Gasteiger partial charge in [-0.05, 0) is 11.6 Å². The first-order valence-corrected chi connectivity index (χ1v) is 6.61. The fourth-order valence-corrected chi connectivity index (χ4v) is 1.73. The van der Waals surface area contributed by atoms with Crippen molar-refractivity contribution in [3.63, 3.8) is 0 Å². The minimum atomic E-state index is -4.51. The van der Waals surface area contributed by atoms with Crippen molar-refractivity contribution in [2.75, 3.05) is 13.2 Å². The highest BCUT2D eigenvalue weighted by atomic mass is 19.4. The van der Waals surface area contributed by atoms with Crippen LogP contribution in [-0.2, 0) is 26.9 Å². The molecule has 0 aliphatic rings. The molecule has 5 nitrogen and oxygen atoms in total. The van der Waals surface area contributed by atoms with Crippen LogP contribution in [0.1, 0.15) is 11.1 Å². The van der Waals surface area contributed by atoms with Gasteiger partial charge in [0.2, 0.25) is 5.91 Å². The van der Waals surface area contributed by atoms with E-state index in [1.807, 2.05) is 0 Å². The summed E-state index contributed by atoms with van der Waals surface area (Å²) in [5.74, 6) is -2.01. The van der Waals surface area contributed by atoms with Crippen LogP contribution in [0.25, 0.3) is 0 Å². The van der Waals surface area contributed by atoms with Crippen LogP contribution in [0.3, 0.4) is 0 Å². The van der Waals surface area contributed by atoms with Gasteiger partial charge in [0.05, 0.1) is 25.2 Å². The number of hydrogen-bond acceptors (Lipinski definition) is 3. The molecule has 126 valence electrons. The van der Waals surface area contributed by atoms with Crippen LogP contribution >= 0.6 is 0 Å². The Labute approximate surface area is 130 Å². The molecule has 0 spiro atoms. The highest BCUT2D eigenvalue weighted by Gasteiger charge is 2.30. The number of ether oxygens (including phenoxy) is 1. The Balaban J connectivity index is 2.67. The molecule has 0 aliphatic carbocycles. The summed E-state index contributed by atoms with van der Waals surface area (Å²) in [6.45, 7) is 3.25. The third-order valence-corrected chi connectivity index (χ3v) is 2.77. The molecule has 0 radical (unpaired) electrons. The Hall–Kier alpha value is -2.35. The quantitative estimate of drug-likeness (QED) is 0.564. The number of rotatable bonds is 8. The number of aliphatic carboxylic acids is 1. The molecule has 1 amide bonds. The van der Waals surface area contributed by atoms with Crippen molar-refractivity contribution in [1.82, 2.24) is 5.32 Å². The molecule has 0 bridgehead atoms. The molecule has 2 N–H and O–H groups in total. The average Bonchev–Trinajstić information content (AvgIpc) is 2.45. The van der Waals surface area contributed by atoms with Crippen LogP contribution in [0, 0.1) is 0 Å². The lowest BCUT2D eigenvalue weighted by atomic mass is 10.1. The maximum Gasteiger partial charge on any atom is 0.416 e. The zero-order chi connectivity index (χ0) is 17.5. The number of hydrogen-bond donors (Lipinski definition) is 2. The second-order valence-corrected chi connectivity index (χ2v) is 4.66. The smallest absolute Gasteiger partial charge is 0.416 e. The van der Waals surface area contributed by atoms with Crippen molar-refractivity contribution in [2.24, 2.45) is 0 Å². The molecule has 1 aromatic rings. The first-order valence-electron chi connectivity index (χ1n) is 6.61. The molecule has 0 aromatic heterocycles. The molecule has 0 heterocycles. The van der Waals surface area contributed by atoms with Crippen LogP contribution in [-0.4, -0.2) is 36.2 Å². The molecule has 1 aromatic carbocycles. The maximum absolute atomic E-state index is 12.6. The minimum Gasteiger partial charge on any atom is -0.480 e. The van der Waals surface area contributed by atoms with E-state index in [0.29, 0.717) is 0 Å². The number of nitrogens with one attached hydrogen (secondary N) is 1. The number of benzene rings is 1. The zero-order valence-corrected chi connectivity index (χ0v) is 12.1. The summed E-state index contributed by atoms with van der Waals surface area (Å²) in [6.07, 6.45) is -3.45. The maximum atomic E-state index is 12.6. The van der Waals surface area contributed by atoms with Gasteiger partial charge in [0.25, 0.3) is 0 Å². The average molecular weight is 331 g/mol. The Bertz CT molecular complexity index is 572. The Morgan fingerprint density at radius 2 is 2.09 bits per heavy atom. The molecule has 0 saturated carbocycles. The van der Waals surface area contributed by atoms with Crippen molar-refractivity contribution in [3.8, 4) is 0 Å². The van der Waals surface area contributed by atoms with E-state index in [-0.39, 0.29) is 25.2 Å². The summed E-state index contributed by atoms with van der Waals surface area (Å²) < 4.78 is 42.7. The van der Waals surface area contributed by atoms with E-state index in [1.54, 1.807) is 0 Å². The van der Waals surface area contributed by atoms with E-state index in [9.17, 15) is 22.8 Å². The van der Waals surface area contributed by atoms with Crippen molar-refractivity contribution in [3.05, 3.63) is 48.0 Å². The van der Waals surface area contributed by atoms with Gasteiger partial charge in [-0.3, -0.25) is 4.79 Å². The van der Waals surface area contributed by atoms with E-state index in [4.69, 9.17) is 9.84 Å². The number of carboxylic acid groups (broad SMARTS) is 1. The SMILES string of the molecule is C=CCOCC(NC(=O)Cc1cccc(C(F)(F)F)c1)C(=O)O. The summed E-state index contributed by atoms with van der Waals surface area (Å²) in [5, 5.41) is 11.2. The monoisotopic (exact) mass is 331 g/mol. The summed E-state index contributed by atoms with van der Waals surface area (Å²) in [5.41, 5.74) is -0.736. The summed E-state index contributed by atoms with van der Waals surface area (Å²) in [7, 11) is 0. The predicted molar refractivity (Wildman–Crippen MR) is 75.7 cm³/mol. The molecular weight excluding hydrogens is 315 g/mol. The minimum absolute atomic E-state index is 0.118. The Morgan fingerprint density at radius 1 is 1.39 bits per heavy atom. The molecular formula is C15H16F3NO4. The van der Waals surface area contributed by atoms with Gasteiger partial charge in [0.1, 0.15) is 0 Å². The standard InChI is InChI=1S/C15H16F3NO4/c1-2-6-23-9-12(14(21)22)19-13(20)8-10-4-3-5-11(7-10)15(16,17)18/h2-5,7,12H,1,6,8-9H2,(H,19,20)(H,21,22). The third-order valence-electron chi connectivity index (χ3n) is 2.77. The van der Waals surface area contributed by atoms with Gasteiger partial charge in [-0.2, -0.15) is 13.2 Å². The van der Waals surface area contributed by atoms with E-state index in [0.717, 1.165) is 12.1 Å². The van der Waals surface area contributed by atoms with Crippen LogP contribution in [0.15, 0.2) is 36.9 Å². The molecule has 1 atom stereocenters.